The Balaban J connectivity index is 1.22. The molecule has 1 aromatic carbocycles. The number of hydrogen-bond acceptors (Lipinski definition) is 8. The molecule has 1 saturated carbocycles. The number of nitrogens with zero attached hydrogens (tertiary/aromatic N) is 5. The zero-order valence-electron chi connectivity index (χ0n) is 22.3. The SMILES string of the molecule is O=C(NC1CCOCC1)[C@H]1CC[C@H](Oc2cc(-n3c(C(F)F)nc4ccccc43)nc(N3CCOCC3)n2)CC1. The Morgan fingerprint density at radius 2 is 1.68 bits per heavy atom. The highest BCUT2D eigenvalue weighted by atomic mass is 19.3. The summed E-state index contributed by atoms with van der Waals surface area (Å²) in [4.78, 5) is 28.3. The Labute approximate surface area is 231 Å². The molecule has 1 N–H and O–H groups in total. The molecule has 214 valence electrons. The summed E-state index contributed by atoms with van der Waals surface area (Å²) >= 11 is 0. The van der Waals surface area contributed by atoms with E-state index in [1.54, 1.807) is 30.3 Å². The van der Waals surface area contributed by atoms with Crippen LogP contribution in [-0.4, -0.2) is 77.1 Å². The van der Waals surface area contributed by atoms with Crippen molar-refractivity contribution in [1.29, 1.82) is 0 Å². The van der Waals surface area contributed by atoms with Crippen LogP contribution in [0.25, 0.3) is 16.9 Å². The van der Waals surface area contributed by atoms with Gasteiger partial charge in [-0.2, -0.15) is 9.97 Å². The van der Waals surface area contributed by atoms with Crippen molar-refractivity contribution in [2.24, 2.45) is 5.92 Å². The predicted octanol–water partition coefficient (Wildman–Crippen LogP) is 3.82. The molecule has 0 unspecified atom stereocenters. The second-order valence-corrected chi connectivity index (χ2v) is 10.5. The van der Waals surface area contributed by atoms with Gasteiger partial charge in [-0.1, -0.05) is 12.1 Å². The van der Waals surface area contributed by atoms with Crippen LogP contribution in [0.1, 0.15) is 50.8 Å². The lowest BCUT2D eigenvalue weighted by atomic mass is 9.86. The van der Waals surface area contributed by atoms with E-state index >= 15 is 0 Å². The molecule has 2 saturated heterocycles. The van der Waals surface area contributed by atoms with E-state index < -0.39 is 6.43 Å². The molecular weight excluding hydrogens is 522 g/mol. The summed E-state index contributed by atoms with van der Waals surface area (Å²) in [6.45, 7) is 3.60. The Morgan fingerprint density at radius 1 is 0.950 bits per heavy atom. The fourth-order valence-electron chi connectivity index (χ4n) is 5.69. The second kappa shape index (κ2) is 12.0. The summed E-state index contributed by atoms with van der Waals surface area (Å²) in [6, 6.07) is 8.80. The van der Waals surface area contributed by atoms with Crippen molar-refractivity contribution in [3.8, 4) is 11.7 Å². The highest BCUT2D eigenvalue weighted by molar-refractivity contribution is 5.79. The molecule has 0 atom stereocenters. The third kappa shape index (κ3) is 5.87. The molecule has 6 rings (SSSR count). The van der Waals surface area contributed by atoms with Gasteiger partial charge in [0.15, 0.2) is 5.82 Å². The first-order chi connectivity index (χ1) is 19.5. The van der Waals surface area contributed by atoms with E-state index in [1.807, 2.05) is 4.90 Å². The number of amides is 1. The summed E-state index contributed by atoms with van der Waals surface area (Å²) < 4.78 is 46.8. The second-order valence-electron chi connectivity index (χ2n) is 10.5. The predicted molar refractivity (Wildman–Crippen MR) is 143 cm³/mol. The van der Waals surface area contributed by atoms with Gasteiger partial charge in [-0.25, -0.2) is 13.8 Å². The third-order valence-electron chi connectivity index (χ3n) is 7.88. The van der Waals surface area contributed by atoms with E-state index in [0.29, 0.717) is 75.2 Å². The number of carbonyl (C=O) groups is 1. The minimum Gasteiger partial charge on any atom is -0.474 e. The monoisotopic (exact) mass is 556 g/mol. The van der Waals surface area contributed by atoms with E-state index in [2.05, 4.69) is 20.3 Å². The Hall–Kier alpha value is -3.38. The molecule has 0 radical (unpaired) electrons. The molecule has 1 aliphatic carbocycles. The van der Waals surface area contributed by atoms with Crippen LogP contribution in [0, 0.1) is 5.92 Å². The zero-order chi connectivity index (χ0) is 27.5. The molecule has 3 aromatic rings. The topological polar surface area (TPSA) is 104 Å². The number of aromatic nitrogens is 4. The molecular formula is C28H34F2N6O4. The Bertz CT molecular complexity index is 1320. The van der Waals surface area contributed by atoms with Gasteiger partial charge in [0.2, 0.25) is 17.7 Å². The summed E-state index contributed by atoms with van der Waals surface area (Å²) in [7, 11) is 0. The molecule has 10 nitrogen and oxygen atoms in total. The number of fused-ring (bicyclic) bond motifs is 1. The van der Waals surface area contributed by atoms with E-state index in [0.717, 1.165) is 25.7 Å². The Morgan fingerprint density at radius 3 is 2.42 bits per heavy atom. The van der Waals surface area contributed by atoms with Crippen LogP contribution in [0.15, 0.2) is 30.3 Å². The number of morpholine rings is 1. The van der Waals surface area contributed by atoms with Crippen molar-refractivity contribution < 1.29 is 27.8 Å². The molecule has 2 aliphatic heterocycles. The number of ether oxygens (including phenoxy) is 3. The van der Waals surface area contributed by atoms with Crippen molar-refractivity contribution >= 4 is 22.9 Å². The van der Waals surface area contributed by atoms with Crippen molar-refractivity contribution in [3.63, 3.8) is 0 Å². The number of nitrogens with one attached hydrogen (secondary N) is 1. The smallest absolute Gasteiger partial charge is 0.296 e. The lowest BCUT2D eigenvalue weighted by Gasteiger charge is -2.31. The van der Waals surface area contributed by atoms with Crippen molar-refractivity contribution in [2.45, 2.75) is 57.1 Å². The highest BCUT2D eigenvalue weighted by Gasteiger charge is 2.30. The maximum Gasteiger partial charge on any atom is 0.296 e. The molecule has 0 spiro atoms. The molecule has 3 aliphatic rings. The van der Waals surface area contributed by atoms with E-state index in [-0.39, 0.29) is 35.6 Å². The van der Waals surface area contributed by atoms with E-state index in [9.17, 15) is 13.6 Å². The number of halogens is 2. The van der Waals surface area contributed by atoms with Gasteiger partial charge in [-0.05, 0) is 50.7 Å². The number of imidazole rings is 1. The van der Waals surface area contributed by atoms with Gasteiger partial charge in [-0.3, -0.25) is 9.36 Å². The number of anilines is 1. The molecule has 4 heterocycles. The maximum absolute atomic E-state index is 14.1. The van der Waals surface area contributed by atoms with Crippen LogP contribution in [0.3, 0.4) is 0 Å². The van der Waals surface area contributed by atoms with Crippen LogP contribution in [0.4, 0.5) is 14.7 Å². The largest absolute Gasteiger partial charge is 0.474 e. The highest BCUT2D eigenvalue weighted by Crippen LogP contribution is 2.32. The lowest BCUT2D eigenvalue weighted by Crippen LogP contribution is -2.43. The van der Waals surface area contributed by atoms with E-state index in [1.165, 1.54) is 4.57 Å². The Kier molecular flexibility index (Phi) is 8.05. The number of para-hydroxylation sites is 2. The summed E-state index contributed by atoms with van der Waals surface area (Å²) in [5, 5.41) is 3.18. The average molecular weight is 557 g/mol. The molecule has 2 aromatic heterocycles. The lowest BCUT2D eigenvalue weighted by molar-refractivity contribution is -0.127. The standard InChI is InChI=1S/C28H34F2N6O4/c29-25(30)26-32-21-3-1-2-4-22(21)36(26)23-17-24(34-28(33-23)35-11-15-39-16-12-35)40-20-7-5-18(6-8-20)27(37)31-19-9-13-38-14-10-19/h1-4,17-20,25H,5-16H2,(H,31,37)/t18-,20-. The van der Waals surface area contributed by atoms with Crippen molar-refractivity contribution in [3.05, 3.63) is 36.2 Å². The number of rotatable bonds is 7. The van der Waals surface area contributed by atoms with Gasteiger partial charge in [0, 0.05) is 44.3 Å². The normalized spacial score (nSPS) is 22.5. The minimum absolute atomic E-state index is 0.0431. The van der Waals surface area contributed by atoms with Gasteiger partial charge in [0.1, 0.15) is 11.9 Å². The third-order valence-corrected chi connectivity index (χ3v) is 7.88. The van der Waals surface area contributed by atoms with Crippen molar-refractivity contribution in [2.75, 3.05) is 44.4 Å². The molecule has 0 bridgehead atoms. The summed E-state index contributed by atoms with van der Waals surface area (Å²) in [5.74, 6) is 0.682. The van der Waals surface area contributed by atoms with Crippen LogP contribution in [0.5, 0.6) is 5.88 Å². The first-order valence-corrected chi connectivity index (χ1v) is 14.1. The van der Waals surface area contributed by atoms with E-state index in [4.69, 9.17) is 14.2 Å². The zero-order valence-corrected chi connectivity index (χ0v) is 22.3. The van der Waals surface area contributed by atoms with Gasteiger partial charge in [0.05, 0.1) is 24.2 Å². The number of hydrogen-bond donors (Lipinski definition) is 1. The first-order valence-electron chi connectivity index (χ1n) is 14.1. The van der Waals surface area contributed by atoms with Crippen LogP contribution in [0.2, 0.25) is 0 Å². The van der Waals surface area contributed by atoms with Crippen LogP contribution in [-0.2, 0) is 14.3 Å². The fraction of sp³-hybridized carbons (Fsp3) is 0.571. The van der Waals surface area contributed by atoms with Gasteiger partial charge in [-0.15, -0.1) is 0 Å². The van der Waals surface area contributed by atoms with Gasteiger partial charge >= 0.3 is 0 Å². The summed E-state index contributed by atoms with van der Waals surface area (Å²) in [5.41, 5.74) is 0.996. The molecule has 40 heavy (non-hydrogen) atoms. The summed E-state index contributed by atoms with van der Waals surface area (Å²) in [6.07, 6.45) is 1.62. The van der Waals surface area contributed by atoms with Crippen molar-refractivity contribution in [1.82, 2.24) is 24.8 Å². The maximum atomic E-state index is 14.1. The van der Waals surface area contributed by atoms with Crippen LogP contribution < -0.4 is 15.0 Å². The number of alkyl halides is 2. The number of carbonyl (C=O) groups excluding carboxylic acids is 1. The first kappa shape index (κ1) is 26.8. The average Bonchev–Trinajstić information content (AvgIpc) is 3.39. The molecule has 12 heteroatoms. The minimum atomic E-state index is -2.79. The molecule has 1 amide bonds. The quantitative estimate of drug-likeness (QED) is 0.469. The fourth-order valence-corrected chi connectivity index (χ4v) is 5.69. The number of benzene rings is 1. The van der Waals surface area contributed by atoms with Crippen LogP contribution >= 0.6 is 0 Å². The molecule has 3 fully saturated rings. The van der Waals surface area contributed by atoms with Gasteiger partial charge < -0.3 is 24.4 Å². The van der Waals surface area contributed by atoms with Gasteiger partial charge in [0.25, 0.3) is 6.43 Å².